The first-order valence-corrected chi connectivity index (χ1v) is 6.57. The Kier molecular flexibility index (Phi) is 4.24. The van der Waals surface area contributed by atoms with Crippen LogP contribution in [0.5, 0.6) is 5.75 Å². The molecule has 0 radical (unpaired) electrons. The number of rotatable bonds is 4. The van der Waals surface area contributed by atoms with Crippen LogP contribution in [-0.4, -0.2) is 38.1 Å². The Labute approximate surface area is 117 Å². The SMILES string of the molecule is CC1Oc2ccc(CC(=O)NCCN)cc2N(C)C1=O. The zero-order valence-electron chi connectivity index (χ0n) is 11.7. The summed E-state index contributed by atoms with van der Waals surface area (Å²) in [5, 5.41) is 2.71. The number of nitrogens with two attached hydrogens (primary N) is 1. The molecule has 0 aromatic heterocycles. The third-order valence-electron chi connectivity index (χ3n) is 3.20. The van der Waals surface area contributed by atoms with E-state index in [0.717, 1.165) is 5.56 Å². The van der Waals surface area contributed by atoms with Crippen LogP contribution in [0.3, 0.4) is 0 Å². The van der Waals surface area contributed by atoms with Gasteiger partial charge in [0.2, 0.25) is 5.91 Å². The number of ether oxygens (including phenoxy) is 1. The Balaban J connectivity index is 2.15. The van der Waals surface area contributed by atoms with Gasteiger partial charge in [0, 0.05) is 20.1 Å². The minimum absolute atomic E-state index is 0.0884. The lowest BCUT2D eigenvalue weighted by Crippen LogP contribution is -2.42. The number of nitrogens with zero attached hydrogens (tertiary/aromatic N) is 1. The molecule has 1 atom stereocenters. The molecule has 108 valence electrons. The zero-order chi connectivity index (χ0) is 14.7. The molecule has 6 nitrogen and oxygen atoms in total. The summed E-state index contributed by atoms with van der Waals surface area (Å²) in [6, 6.07) is 5.43. The highest BCUT2D eigenvalue weighted by Gasteiger charge is 2.28. The van der Waals surface area contributed by atoms with E-state index in [2.05, 4.69) is 5.32 Å². The van der Waals surface area contributed by atoms with Crippen LogP contribution in [0.25, 0.3) is 0 Å². The van der Waals surface area contributed by atoms with E-state index >= 15 is 0 Å². The smallest absolute Gasteiger partial charge is 0.267 e. The van der Waals surface area contributed by atoms with Gasteiger partial charge in [-0.25, -0.2) is 0 Å². The van der Waals surface area contributed by atoms with E-state index in [0.29, 0.717) is 24.5 Å². The molecule has 2 amide bonds. The van der Waals surface area contributed by atoms with Crippen LogP contribution in [0.2, 0.25) is 0 Å². The highest BCUT2D eigenvalue weighted by Crippen LogP contribution is 2.33. The van der Waals surface area contributed by atoms with Gasteiger partial charge >= 0.3 is 0 Å². The lowest BCUT2D eigenvalue weighted by atomic mass is 10.1. The maximum atomic E-state index is 11.9. The molecule has 20 heavy (non-hydrogen) atoms. The van der Waals surface area contributed by atoms with Crippen LogP contribution in [0.4, 0.5) is 5.69 Å². The molecule has 0 aliphatic carbocycles. The summed E-state index contributed by atoms with van der Waals surface area (Å²) in [4.78, 5) is 25.1. The van der Waals surface area contributed by atoms with Gasteiger partial charge in [0.05, 0.1) is 12.1 Å². The zero-order valence-corrected chi connectivity index (χ0v) is 11.7. The molecule has 1 unspecified atom stereocenters. The van der Waals surface area contributed by atoms with Crippen LogP contribution in [0.15, 0.2) is 18.2 Å². The van der Waals surface area contributed by atoms with Crippen LogP contribution in [0.1, 0.15) is 12.5 Å². The first-order chi connectivity index (χ1) is 9.52. The summed E-state index contributed by atoms with van der Waals surface area (Å²) >= 11 is 0. The molecule has 1 heterocycles. The Bertz CT molecular complexity index is 530. The van der Waals surface area contributed by atoms with Crippen LogP contribution in [-0.2, 0) is 16.0 Å². The van der Waals surface area contributed by atoms with E-state index in [4.69, 9.17) is 10.5 Å². The Hall–Kier alpha value is -2.08. The number of benzene rings is 1. The van der Waals surface area contributed by atoms with Gasteiger partial charge in [0.15, 0.2) is 6.10 Å². The first kappa shape index (κ1) is 14.3. The second-order valence-electron chi connectivity index (χ2n) is 4.77. The van der Waals surface area contributed by atoms with E-state index in [1.54, 1.807) is 31.0 Å². The van der Waals surface area contributed by atoms with Gasteiger partial charge in [-0.2, -0.15) is 0 Å². The van der Waals surface area contributed by atoms with Crippen LogP contribution in [0, 0.1) is 0 Å². The van der Waals surface area contributed by atoms with Gasteiger partial charge < -0.3 is 20.7 Å². The molecule has 3 N–H and O–H groups in total. The summed E-state index contributed by atoms with van der Waals surface area (Å²) in [6.07, 6.45) is -0.226. The molecule has 1 aliphatic heterocycles. The molecular weight excluding hydrogens is 258 g/mol. The van der Waals surface area contributed by atoms with Crippen molar-refractivity contribution in [2.45, 2.75) is 19.4 Å². The summed E-state index contributed by atoms with van der Waals surface area (Å²) in [6.45, 7) is 2.59. The first-order valence-electron chi connectivity index (χ1n) is 6.57. The fourth-order valence-corrected chi connectivity index (χ4v) is 2.13. The number of hydrogen-bond acceptors (Lipinski definition) is 4. The molecule has 1 aromatic carbocycles. The van der Waals surface area contributed by atoms with Crippen molar-refractivity contribution in [3.63, 3.8) is 0 Å². The average Bonchev–Trinajstić information content (AvgIpc) is 2.43. The topological polar surface area (TPSA) is 84.7 Å². The maximum Gasteiger partial charge on any atom is 0.267 e. The van der Waals surface area contributed by atoms with E-state index < -0.39 is 6.10 Å². The normalized spacial score (nSPS) is 17.4. The lowest BCUT2D eigenvalue weighted by Gasteiger charge is -2.30. The van der Waals surface area contributed by atoms with Crippen LogP contribution >= 0.6 is 0 Å². The van der Waals surface area contributed by atoms with Crippen molar-refractivity contribution in [1.29, 1.82) is 0 Å². The van der Waals surface area contributed by atoms with Gasteiger partial charge in [-0.1, -0.05) is 6.07 Å². The molecule has 0 bridgehead atoms. The Morgan fingerprint density at radius 1 is 1.50 bits per heavy atom. The molecule has 1 aromatic rings. The maximum absolute atomic E-state index is 11.9. The van der Waals surface area contributed by atoms with Gasteiger partial charge in [0.1, 0.15) is 5.75 Å². The summed E-state index contributed by atoms with van der Waals surface area (Å²) in [5.74, 6) is 0.474. The second kappa shape index (κ2) is 5.92. The monoisotopic (exact) mass is 277 g/mol. The number of likely N-dealkylation sites (N-methyl/N-ethyl adjacent to an activating group) is 1. The number of carbonyl (C=O) groups excluding carboxylic acids is 2. The lowest BCUT2D eigenvalue weighted by molar-refractivity contribution is -0.125. The predicted molar refractivity (Wildman–Crippen MR) is 75.7 cm³/mol. The van der Waals surface area contributed by atoms with Crippen molar-refractivity contribution in [2.75, 3.05) is 25.0 Å². The van der Waals surface area contributed by atoms with Gasteiger partial charge in [-0.05, 0) is 24.6 Å². The predicted octanol–water partition coefficient (Wildman–Crippen LogP) is 0.0477. The van der Waals surface area contributed by atoms with E-state index in [9.17, 15) is 9.59 Å². The van der Waals surface area contributed by atoms with E-state index in [-0.39, 0.29) is 18.2 Å². The van der Waals surface area contributed by atoms with Crippen molar-refractivity contribution in [3.8, 4) is 5.75 Å². The average molecular weight is 277 g/mol. The van der Waals surface area contributed by atoms with Crippen LogP contribution < -0.4 is 20.7 Å². The van der Waals surface area contributed by atoms with Crippen molar-refractivity contribution in [2.24, 2.45) is 5.73 Å². The number of hydrogen-bond donors (Lipinski definition) is 2. The highest BCUT2D eigenvalue weighted by molar-refractivity contribution is 5.99. The molecular formula is C14H19N3O3. The van der Waals surface area contributed by atoms with Crippen molar-refractivity contribution < 1.29 is 14.3 Å². The summed E-state index contributed by atoms with van der Waals surface area (Å²) < 4.78 is 5.53. The Morgan fingerprint density at radius 3 is 2.95 bits per heavy atom. The number of amides is 2. The summed E-state index contributed by atoms with van der Waals surface area (Å²) in [5.41, 5.74) is 6.85. The highest BCUT2D eigenvalue weighted by atomic mass is 16.5. The summed E-state index contributed by atoms with van der Waals surface area (Å²) in [7, 11) is 1.71. The standard InChI is InChI=1S/C14H19N3O3/c1-9-14(19)17(2)11-7-10(3-4-12(11)20-9)8-13(18)16-6-5-15/h3-4,7,9H,5-6,8,15H2,1-2H3,(H,16,18). The minimum Gasteiger partial charge on any atom is -0.479 e. The minimum atomic E-state index is -0.480. The molecule has 6 heteroatoms. The number of anilines is 1. The molecule has 0 saturated heterocycles. The number of fused-ring (bicyclic) bond motifs is 1. The van der Waals surface area contributed by atoms with Gasteiger partial charge in [0.25, 0.3) is 5.91 Å². The van der Waals surface area contributed by atoms with Crippen molar-refractivity contribution >= 4 is 17.5 Å². The molecule has 0 fully saturated rings. The van der Waals surface area contributed by atoms with Crippen molar-refractivity contribution in [1.82, 2.24) is 5.32 Å². The fourth-order valence-electron chi connectivity index (χ4n) is 2.13. The molecule has 0 saturated carbocycles. The Morgan fingerprint density at radius 2 is 2.25 bits per heavy atom. The van der Waals surface area contributed by atoms with Gasteiger partial charge in [-0.15, -0.1) is 0 Å². The van der Waals surface area contributed by atoms with E-state index in [1.807, 2.05) is 6.07 Å². The largest absolute Gasteiger partial charge is 0.479 e. The number of nitrogens with one attached hydrogen (secondary N) is 1. The molecule has 0 spiro atoms. The third kappa shape index (κ3) is 2.91. The van der Waals surface area contributed by atoms with E-state index in [1.165, 1.54) is 0 Å². The molecule has 2 rings (SSSR count). The molecule has 1 aliphatic rings. The van der Waals surface area contributed by atoms with Gasteiger partial charge in [-0.3, -0.25) is 9.59 Å². The fraction of sp³-hybridized carbons (Fsp3) is 0.429. The second-order valence-corrected chi connectivity index (χ2v) is 4.77. The quantitative estimate of drug-likeness (QED) is 0.814. The number of carbonyl (C=O) groups is 2. The third-order valence-corrected chi connectivity index (χ3v) is 3.20. The van der Waals surface area contributed by atoms with Crippen molar-refractivity contribution in [3.05, 3.63) is 23.8 Å².